The third-order valence-corrected chi connectivity index (χ3v) is 5.23. The molecule has 1 amide bonds. The standard InChI is InChI=1S/C24H30N2O5/c1-2-3-4-5-6-7-8-9-18-25(21-14-12-20(13-15-21)24(28)29)23(27)19-10-16-22(17-11-19)26(30)31/h10-17H,2-9,18H2,1H3,(H,28,29). The minimum Gasteiger partial charge on any atom is -0.478 e. The van der Waals surface area contributed by atoms with E-state index in [-0.39, 0.29) is 17.2 Å². The van der Waals surface area contributed by atoms with E-state index in [0.29, 0.717) is 17.8 Å². The van der Waals surface area contributed by atoms with Crippen LogP contribution in [0.2, 0.25) is 0 Å². The zero-order valence-electron chi connectivity index (χ0n) is 18.0. The number of carboxylic acid groups (broad SMARTS) is 1. The minimum atomic E-state index is -1.03. The molecule has 0 aliphatic heterocycles. The summed E-state index contributed by atoms with van der Waals surface area (Å²) >= 11 is 0. The number of benzene rings is 2. The second-order valence-electron chi connectivity index (χ2n) is 7.59. The second-order valence-corrected chi connectivity index (χ2v) is 7.59. The highest BCUT2D eigenvalue weighted by atomic mass is 16.6. The number of unbranched alkanes of at least 4 members (excludes halogenated alkanes) is 7. The van der Waals surface area contributed by atoms with E-state index in [4.69, 9.17) is 5.11 Å². The molecule has 0 aliphatic carbocycles. The van der Waals surface area contributed by atoms with Gasteiger partial charge in [0.15, 0.2) is 0 Å². The molecule has 2 aromatic carbocycles. The SMILES string of the molecule is CCCCCCCCCCN(C(=O)c1ccc([N+](=O)[O-])cc1)c1ccc(C(=O)O)cc1. The van der Waals surface area contributed by atoms with Crippen LogP contribution in [-0.2, 0) is 0 Å². The summed E-state index contributed by atoms with van der Waals surface area (Å²) in [4.78, 5) is 36.2. The molecule has 0 saturated heterocycles. The fourth-order valence-electron chi connectivity index (χ4n) is 3.42. The summed E-state index contributed by atoms with van der Waals surface area (Å²) < 4.78 is 0. The van der Waals surface area contributed by atoms with Gasteiger partial charge in [-0.2, -0.15) is 0 Å². The Balaban J connectivity index is 2.07. The summed E-state index contributed by atoms with van der Waals surface area (Å²) in [5.41, 5.74) is 1.04. The third kappa shape index (κ3) is 7.51. The van der Waals surface area contributed by atoms with Crippen molar-refractivity contribution in [3.05, 3.63) is 69.8 Å². The number of carboxylic acids is 1. The van der Waals surface area contributed by atoms with Gasteiger partial charge in [-0.1, -0.05) is 51.9 Å². The molecule has 1 N–H and O–H groups in total. The summed E-state index contributed by atoms with van der Waals surface area (Å²) in [6, 6.07) is 11.7. The summed E-state index contributed by atoms with van der Waals surface area (Å²) in [7, 11) is 0. The highest BCUT2D eigenvalue weighted by Gasteiger charge is 2.19. The Hall–Kier alpha value is -3.22. The Kier molecular flexibility index (Phi) is 9.68. The van der Waals surface area contributed by atoms with Crippen LogP contribution in [-0.4, -0.2) is 28.5 Å². The molecule has 0 unspecified atom stereocenters. The van der Waals surface area contributed by atoms with Crippen LogP contribution in [0.4, 0.5) is 11.4 Å². The molecule has 2 aromatic rings. The number of aromatic carboxylic acids is 1. The first-order valence-corrected chi connectivity index (χ1v) is 10.8. The van der Waals surface area contributed by atoms with E-state index >= 15 is 0 Å². The van der Waals surface area contributed by atoms with E-state index in [1.165, 1.54) is 68.5 Å². The molecule has 0 fully saturated rings. The molecular formula is C24H30N2O5. The van der Waals surface area contributed by atoms with E-state index in [2.05, 4.69) is 6.92 Å². The number of nitro groups is 1. The van der Waals surface area contributed by atoms with Crippen molar-refractivity contribution < 1.29 is 19.6 Å². The Bertz CT molecular complexity index is 863. The molecule has 0 heterocycles. The lowest BCUT2D eigenvalue weighted by Gasteiger charge is -2.23. The Labute approximate surface area is 182 Å². The number of non-ortho nitro benzene ring substituents is 1. The van der Waals surface area contributed by atoms with Crippen LogP contribution in [0, 0.1) is 10.1 Å². The summed E-state index contributed by atoms with van der Waals surface area (Å²) in [5, 5.41) is 20.0. The minimum absolute atomic E-state index is 0.0722. The van der Waals surface area contributed by atoms with Gasteiger partial charge in [0.05, 0.1) is 10.5 Å². The third-order valence-electron chi connectivity index (χ3n) is 5.23. The highest BCUT2D eigenvalue weighted by Crippen LogP contribution is 2.21. The first kappa shape index (κ1) is 24.1. The molecule has 166 valence electrons. The number of amides is 1. The molecule has 0 bridgehead atoms. The predicted octanol–water partition coefficient (Wildman–Crippen LogP) is 6.08. The monoisotopic (exact) mass is 426 g/mol. The predicted molar refractivity (Wildman–Crippen MR) is 121 cm³/mol. The van der Waals surface area contributed by atoms with Crippen molar-refractivity contribution in [2.75, 3.05) is 11.4 Å². The van der Waals surface area contributed by atoms with Gasteiger partial charge in [0.1, 0.15) is 0 Å². The van der Waals surface area contributed by atoms with Gasteiger partial charge < -0.3 is 10.0 Å². The van der Waals surface area contributed by atoms with E-state index in [1.807, 2.05) is 0 Å². The van der Waals surface area contributed by atoms with E-state index in [1.54, 1.807) is 17.0 Å². The fraction of sp³-hybridized carbons (Fsp3) is 0.417. The maximum absolute atomic E-state index is 13.1. The first-order valence-electron chi connectivity index (χ1n) is 10.8. The number of rotatable bonds is 13. The van der Waals surface area contributed by atoms with Crippen molar-refractivity contribution in [3.63, 3.8) is 0 Å². The first-order chi connectivity index (χ1) is 14.9. The maximum atomic E-state index is 13.1. The van der Waals surface area contributed by atoms with Gasteiger partial charge in [0.25, 0.3) is 11.6 Å². The second kappa shape index (κ2) is 12.5. The lowest BCUT2D eigenvalue weighted by Crippen LogP contribution is -2.32. The summed E-state index contributed by atoms with van der Waals surface area (Å²) in [6.07, 6.45) is 9.11. The van der Waals surface area contributed by atoms with Crippen molar-refractivity contribution in [2.24, 2.45) is 0 Å². The number of hydrogen-bond donors (Lipinski definition) is 1. The van der Waals surface area contributed by atoms with Gasteiger partial charge in [-0.15, -0.1) is 0 Å². The number of carbonyl (C=O) groups excluding carboxylic acids is 1. The molecule has 7 heteroatoms. The Morgan fingerprint density at radius 2 is 1.35 bits per heavy atom. The van der Waals surface area contributed by atoms with Crippen LogP contribution in [0.3, 0.4) is 0 Å². The van der Waals surface area contributed by atoms with Crippen LogP contribution in [0.1, 0.15) is 79.0 Å². The molecule has 0 aliphatic rings. The lowest BCUT2D eigenvalue weighted by molar-refractivity contribution is -0.384. The molecule has 0 spiro atoms. The zero-order chi connectivity index (χ0) is 22.6. The van der Waals surface area contributed by atoms with Gasteiger partial charge in [0.2, 0.25) is 0 Å². The molecule has 0 saturated carbocycles. The largest absolute Gasteiger partial charge is 0.478 e. The van der Waals surface area contributed by atoms with Gasteiger partial charge in [-0.05, 0) is 42.8 Å². The van der Waals surface area contributed by atoms with Crippen LogP contribution in [0.25, 0.3) is 0 Å². The lowest BCUT2D eigenvalue weighted by atomic mass is 10.1. The number of anilines is 1. The van der Waals surface area contributed by atoms with Crippen molar-refractivity contribution in [3.8, 4) is 0 Å². The number of carbonyl (C=O) groups is 2. The van der Waals surface area contributed by atoms with Gasteiger partial charge in [0, 0.05) is 29.9 Å². The summed E-state index contributed by atoms with van der Waals surface area (Å²) in [5.74, 6) is -1.29. The molecule has 0 radical (unpaired) electrons. The topological polar surface area (TPSA) is 101 Å². The van der Waals surface area contributed by atoms with Crippen LogP contribution in [0.5, 0.6) is 0 Å². The normalized spacial score (nSPS) is 10.6. The zero-order valence-corrected chi connectivity index (χ0v) is 18.0. The molecule has 2 rings (SSSR count). The van der Waals surface area contributed by atoms with Crippen molar-refractivity contribution in [1.82, 2.24) is 0 Å². The Morgan fingerprint density at radius 1 is 0.839 bits per heavy atom. The van der Waals surface area contributed by atoms with Crippen LogP contribution in [0.15, 0.2) is 48.5 Å². The average Bonchev–Trinajstić information content (AvgIpc) is 2.78. The fourth-order valence-corrected chi connectivity index (χ4v) is 3.42. The molecule has 0 atom stereocenters. The highest BCUT2D eigenvalue weighted by molar-refractivity contribution is 6.06. The van der Waals surface area contributed by atoms with Gasteiger partial charge in [-0.25, -0.2) is 4.79 Å². The molecule has 0 aromatic heterocycles. The van der Waals surface area contributed by atoms with Crippen molar-refractivity contribution in [2.45, 2.75) is 58.3 Å². The van der Waals surface area contributed by atoms with Gasteiger partial charge >= 0.3 is 5.97 Å². The van der Waals surface area contributed by atoms with Gasteiger partial charge in [-0.3, -0.25) is 14.9 Å². The average molecular weight is 427 g/mol. The Morgan fingerprint density at radius 3 is 1.87 bits per heavy atom. The van der Waals surface area contributed by atoms with Crippen molar-refractivity contribution in [1.29, 1.82) is 0 Å². The van der Waals surface area contributed by atoms with Crippen LogP contribution >= 0.6 is 0 Å². The number of nitro benzene ring substituents is 1. The molecule has 31 heavy (non-hydrogen) atoms. The number of nitrogens with zero attached hydrogens (tertiary/aromatic N) is 2. The van der Waals surface area contributed by atoms with E-state index in [9.17, 15) is 19.7 Å². The summed E-state index contributed by atoms with van der Waals surface area (Å²) in [6.45, 7) is 2.69. The smallest absolute Gasteiger partial charge is 0.335 e. The molecule has 7 nitrogen and oxygen atoms in total. The van der Waals surface area contributed by atoms with E-state index in [0.717, 1.165) is 19.3 Å². The number of hydrogen-bond acceptors (Lipinski definition) is 4. The molecular weight excluding hydrogens is 396 g/mol. The maximum Gasteiger partial charge on any atom is 0.335 e. The van der Waals surface area contributed by atoms with Crippen molar-refractivity contribution >= 4 is 23.3 Å². The van der Waals surface area contributed by atoms with E-state index < -0.39 is 10.9 Å². The van der Waals surface area contributed by atoms with Crippen LogP contribution < -0.4 is 4.90 Å². The quantitative estimate of drug-likeness (QED) is 0.238.